The van der Waals surface area contributed by atoms with E-state index >= 15 is 0 Å². The van der Waals surface area contributed by atoms with Crippen LogP contribution in [0, 0.1) is 5.82 Å². The average Bonchev–Trinajstić information content (AvgIpc) is 2.55. The van der Waals surface area contributed by atoms with Gasteiger partial charge in [0.05, 0.1) is 12.6 Å². The Morgan fingerprint density at radius 1 is 1.13 bits per heavy atom. The second kappa shape index (κ2) is 8.36. The van der Waals surface area contributed by atoms with E-state index in [1.807, 2.05) is 30.3 Å². The molecule has 0 aliphatic carbocycles. The molecule has 2 aromatic rings. The number of nitrogens with one attached hydrogen (secondary N) is 2. The van der Waals surface area contributed by atoms with Gasteiger partial charge < -0.3 is 10.4 Å². The van der Waals surface area contributed by atoms with Gasteiger partial charge in [0.15, 0.2) is 5.11 Å². The summed E-state index contributed by atoms with van der Waals surface area (Å²) in [7, 11) is 0. The lowest BCUT2D eigenvalue weighted by Gasteiger charge is -2.18. The third-order valence-corrected chi connectivity index (χ3v) is 3.43. The number of benzene rings is 2. The number of thiocarbonyl (C=S) groups is 1. The average molecular weight is 332 g/mol. The summed E-state index contributed by atoms with van der Waals surface area (Å²) < 4.78 is 12.8. The van der Waals surface area contributed by atoms with Gasteiger partial charge >= 0.3 is 0 Å². The second-order valence-corrected chi connectivity index (χ2v) is 5.41. The lowest BCUT2D eigenvalue weighted by molar-refractivity contribution is 0.0976. The molecular formula is C17H17FN2O2S. The van der Waals surface area contributed by atoms with Crippen molar-refractivity contribution in [2.24, 2.45) is 0 Å². The first-order valence-electron chi connectivity index (χ1n) is 7.10. The zero-order chi connectivity index (χ0) is 16.7. The summed E-state index contributed by atoms with van der Waals surface area (Å²) in [6, 6.07) is 14.5. The van der Waals surface area contributed by atoms with Crippen LogP contribution in [0.3, 0.4) is 0 Å². The van der Waals surface area contributed by atoms with Crippen molar-refractivity contribution in [3.63, 3.8) is 0 Å². The van der Waals surface area contributed by atoms with E-state index < -0.39 is 11.7 Å². The summed E-state index contributed by atoms with van der Waals surface area (Å²) in [5.41, 5.74) is 1.35. The molecule has 1 atom stereocenters. The molecule has 0 spiro atoms. The number of hydrogen-bond donors (Lipinski definition) is 3. The maximum atomic E-state index is 12.8. The largest absolute Gasteiger partial charge is 0.394 e. The van der Waals surface area contributed by atoms with Crippen LogP contribution in [-0.2, 0) is 6.42 Å². The van der Waals surface area contributed by atoms with Crippen LogP contribution in [0.5, 0.6) is 0 Å². The van der Waals surface area contributed by atoms with Gasteiger partial charge in [-0.1, -0.05) is 30.3 Å². The number of hydrogen-bond acceptors (Lipinski definition) is 3. The van der Waals surface area contributed by atoms with E-state index in [1.54, 1.807) is 0 Å². The predicted molar refractivity (Wildman–Crippen MR) is 90.6 cm³/mol. The molecule has 0 aliphatic rings. The molecule has 0 aromatic heterocycles. The Labute approximate surface area is 139 Å². The minimum Gasteiger partial charge on any atom is -0.394 e. The highest BCUT2D eigenvalue weighted by Crippen LogP contribution is 2.04. The van der Waals surface area contributed by atoms with Crippen molar-refractivity contribution in [2.75, 3.05) is 6.61 Å². The van der Waals surface area contributed by atoms with E-state index in [2.05, 4.69) is 10.6 Å². The monoisotopic (exact) mass is 332 g/mol. The molecule has 0 aliphatic heterocycles. The Kier molecular flexibility index (Phi) is 6.19. The fourth-order valence-corrected chi connectivity index (χ4v) is 2.32. The Morgan fingerprint density at radius 3 is 2.39 bits per heavy atom. The van der Waals surface area contributed by atoms with E-state index in [1.165, 1.54) is 24.3 Å². The smallest absolute Gasteiger partial charge is 0.257 e. The SMILES string of the molecule is O=C(NC(=S)N[C@H](CO)Cc1ccccc1)c1ccc(F)cc1. The number of carbonyl (C=O) groups excluding carboxylic acids is 1. The van der Waals surface area contributed by atoms with Crippen molar-refractivity contribution in [3.8, 4) is 0 Å². The van der Waals surface area contributed by atoms with Crippen molar-refractivity contribution in [1.29, 1.82) is 0 Å². The Balaban J connectivity index is 1.89. The topological polar surface area (TPSA) is 61.4 Å². The summed E-state index contributed by atoms with van der Waals surface area (Å²) in [6.07, 6.45) is 0.573. The molecule has 2 rings (SSSR count). The Morgan fingerprint density at radius 2 is 1.78 bits per heavy atom. The maximum absolute atomic E-state index is 12.8. The Bertz CT molecular complexity index is 662. The summed E-state index contributed by atoms with van der Waals surface area (Å²) in [5.74, 6) is -0.843. The van der Waals surface area contributed by atoms with E-state index in [4.69, 9.17) is 12.2 Å². The standard InChI is InChI=1S/C17H17FN2O2S/c18-14-8-6-13(7-9-14)16(22)20-17(23)19-15(11-21)10-12-4-2-1-3-5-12/h1-9,15,21H,10-11H2,(H2,19,20,22,23)/t15-/m0/s1. The number of rotatable bonds is 5. The van der Waals surface area contributed by atoms with E-state index in [0.717, 1.165) is 5.56 Å². The van der Waals surface area contributed by atoms with Crippen molar-refractivity contribution in [2.45, 2.75) is 12.5 Å². The van der Waals surface area contributed by atoms with Gasteiger partial charge in [-0.15, -0.1) is 0 Å². The molecular weight excluding hydrogens is 315 g/mol. The van der Waals surface area contributed by atoms with Gasteiger partial charge in [0.1, 0.15) is 5.82 Å². The number of aliphatic hydroxyl groups is 1. The first kappa shape index (κ1) is 17.1. The summed E-state index contributed by atoms with van der Waals surface area (Å²) in [5, 5.41) is 15.0. The van der Waals surface area contributed by atoms with E-state index in [-0.39, 0.29) is 17.8 Å². The lowest BCUT2D eigenvalue weighted by atomic mass is 10.1. The van der Waals surface area contributed by atoms with Crippen molar-refractivity contribution in [1.82, 2.24) is 10.6 Å². The molecule has 120 valence electrons. The van der Waals surface area contributed by atoms with E-state index in [9.17, 15) is 14.3 Å². The van der Waals surface area contributed by atoms with Crippen LogP contribution >= 0.6 is 12.2 Å². The number of halogens is 1. The molecule has 0 fully saturated rings. The first-order chi connectivity index (χ1) is 11.1. The Hall–Kier alpha value is -2.31. The molecule has 4 nitrogen and oxygen atoms in total. The molecule has 0 unspecified atom stereocenters. The summed E-state index contributed by atoms with van der Waals surface area (Å²) in [4.78, 5) is 12.0. The number of carbonyl (C=O) groups is 1. The zero-order valence-corrected chi connectivity index (χ0v) is 13.1. The van der Waals surface area contributed by atoms with Crippen molar-refractivity contribution >= 4 is 23.2 Å². The number of amides is 1. The minimum atomic E-state index is -0.432. The van der Waals surface area contributed by atoms with E-state index in [0.29, 0.717) is 12.0 Å². The molecule has 0 radical (unpaired) electrons. The van der Waals surface area contributed by atoms with Gasteiger partial charge in [-0.3, -0.25) is 10.1 Å². The van der Waals surface area contributed by atoms with Crippen molar-refractivity contribution in [3.05, 3.63) is 71.5 Å². The molecule has 1 amide bonds. The van der Waals surface area contributed by atoms with Gasteiger partial charge in [-0.25, -0.2) is 4.39 Å². The summed E-state index contributed by atoms with van der Waals surface area (Å²) >= 11 is 5.09. The molecule has 6 heteroatoms. The van der Waals surface area contributed by atoms with Gasteiger partial charge in [-0.2, -0.15) is 0 Å². The van der Waals surface area contributed by atoms with Gasteiger partial charge in [0.2, 0.25) is 0 Å². The van der Waals surface area contributed by atoms with Crippen LogP contribution in [0.25, 0.3) is 0 Å². The van der Waals surface area contributed by atoms with Gasteiger partial charge in [-0.05, 0) is 48.5 Å². The van der Waals surface area contributed by atoms with Crippen molar-refractivity contribution < 1.29 is 14.3 Å². The quantitative estimate of drug-likeness (QED) is 0.733. The lowest BCUT2D eigenvalue weighted by Crippen LogP contribution is -2.46. The second-order valence-electron chi connectivity index (χ2n) is 5.00. The van der Waals surface area contributed by atoms with Gasteiger partial charge in [0, 0.05) is 5.56 Å². The molecule has 0 saturated heterocycles. The fourth-order valence-electron chi connectivity index (χ4n) is 2.06. The molecule has 23 heavy (non-hydrogen) atoms. The minimum absolute atomic E-state index is 0.120. The molecule has 0 bridgehead atoms. The van der Waals surface area contributed by atoms with Crippen LogP contribution in [-0.4, -0.2) is 28.8 Å². The molecule has 3 N–H and O–H groups in total. The fraction of sp³-hybridized carbons (Fsp3) is 0.176. The van der Waals surface area contributed by atoms with Gasteiger partial charge in [0.25, 0.3) is 5.91 Å². The van der Waals surface area contributed by atoms with Crippen LogP contribution in [0.2, 0.25) is 0 Å². The summed E-state index contributed by atoms with van der Waals surface area (Å²) in [6.45, 7) is -0.124. The third-order valence-electron chi connectivity index (χ3n) is 3.21. The van der Waals surface area contributed by atoms with Crippen LogP contribution < -0.4 is 10.6 Å². The third kappa shape index (κ3) is 5.43. The number of aliphatic hydroxyl groups excluding tert-OH is 1. The molecule has 0 heterocycles. The highest BCUT2D eigenvalue weighted by Gasteiger charge is 2.13. The normalized spacial score (nSPS) is 11.6. The first-order valence-corrected chi connectivity index (χ1v) is 7.51. The highest BCUT2D eigenvalue weighted by molar-refractivity contribution is 7.80. The van der Waals surface area contributed by atoms with Crippen LogP contribution in [0.15, 0.2) is 54.6 Å². The molecule has 2 aromatic carbocycles. The zero-order valence-electron chi connectivity index (χ0n) is 12.3. The molecule has 0 saturated carbocycles. The van der Waals surface area contributed by atoms with Crippen LogP contribution in [0.4, 0.5) is 4.39 Å². The maximum Gasteiger partial charge on any atom is 0.257 e. The highest BCUT2D eigenvalue weighted by atomic mass is 32.1. The predicted octanol–water partition coefficient (Wildman–Crippen LogP) is 2.03. The van der Waals surface area contributed by atoms with Crippen LogP contribution in [0.1, 0.15) is 15.9 Å².